The van der Waals surface area contributed by atoms with Crippen molar-refractivity contribution in [3.05, 3.63) is 13.8 Å². The third-order valence-corrected chi connectivity index (χ3v) is 7.68. The molecule has 0 N–H and O–H groups in total. The summed E-state index contributed by atoms with van der Waals surface area (Å²) in [6.07, 6.45) is 38.4. The molecule has 45 heavy (non-hydrogen) atoms. The van der Waals surface area contributed by atoms with Crippen LogP contribution in [0.2, 0.25) is 0 Å². The third kappa shape index (κ3) is 75.6. The molecule has 0 fully saturated rings. The molecule has 0 spiro atoms. The topological polar surface area (TPSA) is 73.9 Å². The van der Waals surface area contributed by atoms with E-state index < -0.39 is 11.9 Å². The SMILES string of the molecule is CCCCCCCCCCCCCCCC([O])=O.CCCCCCCCCCCCCCCC([O])=O.[CH2]CCC.[CH2]CCC.[Sn]. The smallest absolute Gasteiger partial charge is 0.247 e. The van der Waals surface area contributed by atoms with Crippen molar-refractivity contribution in [3.8, 4) is 0 Å². The molecule has 0 aliphatic carbocycles. The van der Waals surface area contributed by atoms with Crippen molar-refractivity contribution in [3.63, 3.8) is 0 Å². The van der Waals surface area contributed by atoms with Gasteiger partial charge in [0.2, 0.25) is 0 Å². The fourth-order valence-electron chi connectivity index (χ4n) is 4.57. The monoisotopic (exact) mass is 745 g/mol. The molecular formula is C40H80O4Sn. The molecule has 0 aliphatic rings. The number of rotatable bonds is 30. The minimum absolute atomic E-state index is 0. The van der Waals surface area contributed by atoms with E-state index in [4.69, 9.17) is 0 Å². The number of hydrogen-bond acceptors (Lipinski definition) is 2. The first-order valence-corrected chi connectivity index (χ1v) is 19.4. The van der Waals surface area contributed by atoms with E-state index in [2.05, 4.69) is 41.5 Å². The van der Waals surface area contributed by atoms with Gasteiger partial charge in [0.25, 0.3) is 0 Å². The minimum Gasteiger partial charge on any atom is -0.247 e. The zero-order chi connectivity index (χ0) is 33.8. The fourth-order valence-corrected chi connectivity index (χ4v) is 4.57. The molecule has 268 valence electrons. The van der Waals surface area contributed by atoms with Gasteiger partial charge in [0, 0.05) is 23.9 Å². The maximum atomic E-state index is 10.2. The molecule has 0 heterocycles. The Morgan fingerprint density at radius 1 is 0.333 bits per heavy atom. The van der Waals surface area contributed by atoms with Gasteiger partial charge in [-0.1, -0.05) is 221 Å². The number of hydrogen-bond donors (Lipinski definition) is 0. The summed E-state index contributed by atoms with van der Waals surface area (Å²) in [6, 6.07) is 0. The van der Waals surface area contributed by atoms with Crippen molar-refractivity contribution in [1.82, 2.24) is 0 Å². The van der Waals surface area contributed by atoms with Crippen LogP contribution < -0.4 is 0 Å². The van der Waals surface area contributed by atoms with E-state index >= 15 is 0 Å². The zero-order valence-corrected chi connectivity index (χ0v) is 34.0. The van der Waals surface area contributed by atoms with Gasteiger partial charge in [-0.05, 0) is 12.8 Å². The second-order valence-corrected chi connectivity index (χ2v) is 12.4. The zero-order valence-electron chi connectivity index (χ0n) is 31.2. The molecule has 0 aromatic carbocycles. The maximum absolute atomic E-state index is 10.2. The van der Waals surface area contributed by atoms with Gasteiger partial charge in [0.05, 0.1) is 12.8 Å². The molecule has 0 atom stereocenters. The van der Waals surface area contributed by atoms with Gasteiger partial charge in [-0.25, -0.2) is 19.8 Å². The summed E-state index contributed by atoms with van der Waals surface area (Å²) < 4.78 is 0. The van der Waals surface area contributed by atoms with Crippen molar-refractivity contribution < 1.29 is 19.8 Å². The van der Waals surface area contributed by atoms with Crippen LogP contribution in [0.3, 0.4) is 0 Å². The quantitative estimate of drug-likeness (QED) is 0.0543. The van der Waals surface area contributed by atoms with Gasteiger partial charge >= 0.3 is 11.9 Å². The first-order chi connectivity index (χ1) is 21.4. The summed E-state index contributed by atoms with van der Waals surface area (Å²) >= 11 is 0. The van der Waals surface area contributed by atoms with Crippen LogP contribution in [0.25, 0.3) is 0 Å². The molecule has 5 heteroatoms. The summed E-state index contributed by atoms with van der Waals surface area (Å²) in [4.78, 5) is 20.4. The van der Waals surface area contributed by atoms with Crippen molar-refractivity contribution in [2.24, 2.45) is 0 Å². The van der Waals surface area contributed by atoms with Crippen LogP contribution >= 0.6 is 0 Å². The van der Waals surface area contributed by atoms with Gasteiger partial charge in [-0.15, -0.1) is 0 Å². The molecule has 0 saturated carbocycles. The summed E-state index contributed by atoms with van der Waals surface area (Å²) in [7, 11) is 0. The van der Waals surface area contributed by atoms with Gasteiger partial charge in [-0.2, -0.15) is 0 Å². The fraction of sp³-hybridized carbons (Fsp3) is 0.900. The van der Waals surface area contributed by atoms with E-state index in [-0.39, 0.29) is 36.7 Å². The Kier molecular flexibility index (Phi) is 67.6. The molecule has 4 nitrogen and oxygen atoms in total. The van der Waals surface area contributed by atoms with Crippen molar-refractivity contribution in [1.29, 1.82) is 0 Å². The van der Waals surface area contributed by atoms with Crippen LogP contribution in [-0.2, 0) is 19.8 Å². The van der Waals surface area contributed by atoms with Crippen molar-refractivity contribution in [2.45, 2.75) is 233 Å². The summed E-state index contributed by atoms with van der Waals surface area (Å²) in [6.45, 7) is 16.0. The minimum atomic E-state index is -0.905. The van der Waals surface area contributed by atoms with E-state index in [0.717, 1.165) is 38.5 Å². The van der Waals surface area contributed by atoms with Crippen LogP contribution in [0.5, 0.6) is 0 Å². The van der Waals surface area contributed by atoms with Gasteiger partial charge in [-0.3, -0.25) is 0 Å². The largest absolute Gasteiger partial charge is 0.355 e. The molecule has 0 rings (SSSR count). The molecule has 0 amide bonds. The molecular weight excluding hydrogens is 663 g/mol. The number of carbonyl (C=O) groups excluding carboxylic acids is 2. The number of unbranched alkanes of at least 4 members (excludes halogenated alkanes) is 26. The van der Waals surface area contributed by atoms with Crippen LogP contribution in [-0.4, -0.2) is 35.8 Å². The van der Waals surface area contributed by atoms with E-state index in [9.17, 15) is 19.8 Å². The van der Waals surface area contributed by atoms with E-state index in [1.807, 2.05) is 0 Å². The van der Waals surface area contributed by atoms with E-state index in [1.54, 1.807) is 0 Å². The normalized spacial score (nSPS) is 9.91. The van der Waals surface area contributed by atoms with Crippen LogP contribution in [0.4, 0.5) is 0 Å². The Hall–Kier alpha value is -0.261. The maximum Gasteiger partial charge on any atom is 0.355 e. The molecule has 0 aromatic heterocycles. The summed E-state index contributed by atoms with van der Waals surface area (Å²) in [5.41, 5.74) is 0. The Balaban J connectivity index is -0.000000187. The standard InChI is InChI=1S/2C16H31O2.2C4H9.Sn/c2*1-2-3-4-5-6-7-8-9-10-11-12-13-14-15-16(17)18;2*1-3-4-2;/h2*2-15H2,1H3;2*1,3-4H2,2H3;. The van der Waals surface area contributed by atoms with Crippen molar-refractivity contribution in [2.75, 3.05) is 0 Å². The molecule has 0 bridgehead atoms. The van der Waals surface area contributed by atoms with Gasteiger partial charge < -0.3 is 0 Å². The summed E-state index contributed by atoms with van der Waals surface area (Å²) in [5, 5.41) is 20.4. The molecule has 0 aromatic rings. The van der Waals surface area contributed by atoms with Gasteiger partial charge in [0.15, 0.2) is 0 Å². The Labute approximate surface area is 301 Å². The molecule has 8 radical (unpaired) electrons. The first-order valence-electron chi connectivity index (χ1n) is 19.4. The average Bonchev–Trinajstić information content (AvgIpc) is 3.02. The van der Waals surface area contributed by atoms with E-state index in [0.29, 0.717) is 0 Å². The van der Waals surface area contributed by atoms with Crippen LogP contribution in [0.1, 0.15) is 233 Å². The Morgan fingerprint density at radius 3 is 0.622 bits per heavy atom. The Bertz CT molecular complexity index is 451. The molecule has 0 unspecified atom stereocenters. The number of carbonyl (C=O) groups is 2. The molecule has 0 saturated heterocycles. The van der Waals surface area contributed by atoms with Gasteiger partial charge in [0.1, 0.15) is 0 Å². The second kappa shape index (κ2) is 56.1. The predicted molar refractivity (Wildman–Crippen MR) is 198 cm³/mol. The Morgan fingerprint density at radius 2 is 0.489 bits per heavy atom. The molecule has 0 aliphatic heterocycles. The van der Waals surface area contributed by atoms with Crippen LogP contribution in [0, 0.1) is 13.8 Å². The van der Waals surface area contributed by atoms with E-state index in [1.165, 1.54) is 154 Å². The predicted octanol–water partition coefficient (Wildman–Crippen LogP) is 13.7. The third-order valence-electron chi connectivity index (χ3n) is 7.68. The average molecular weight is 744 g/mol. The first kappa shape index (κ1) is 54.2. The van der Waals surface area contributed by atoms with Crippen molar-refractivity contribution >= 4 is 35.8 Å². The second-order valence-electron chi connectivity index (χ2n) is 12.4. The summed E-state index contributed by atoms with van der Waals surface area (Å²) in [5.74, 6) is -1.81. The van der Waals surface area contributed by atoms with Crippen LogP contribution in [0.15, 0.2) is 0 Å².